The number of rotatable bonds is 0. The van der Waals surface area contributed by atoms with Gasteiger partial charge in [0, 0.05) is 0 Å². The van der Waals surface area contributed by atoms with Crippen LogP contribution in [0.5, 0.6) is 0 Å². The molecule has 0 fully saturated rings. The van der Waals surface area contributed by atoms with Crippen molar-refractivity contribution in [2.75, 3.05) is 0 Å². The fraction of sp³-hybridized carbons (Fsp3) is 0. The van der Waals surface area contributed by atoms with Crippen molar-refractivity contribution < 1.29 is 9.83 Å². The number of nitrogens with zero attached hydrogens (tertiary/aromatic N) is 1. The Kier molecular flexibility index (Phi) is 6.62. The number of primary amides is 2. The lowest BCUT2D eigenvalue weighted by atomic mass is 11.2. The Labute approximate surface area is 44.5 Å². The van der Waals surface area contributed by atoms with E-state index in [2.05, 4.69) is 17.3 Å². The molecule has 0 bridgehead atoms. The van der Waals surface area contributed by atoms with Gasteiger partial charge < -0.3 is 11.5 Å². The van der Waals surface area contributed by atoms with Gasteiger partial charge in [0.25, 0.3) is 0 Å². The van der Waals surface area contributed by atoms with Crippen LogP contribution in [0.2, 0.25) is 0 Å². The molecule has 7 nitrogen and oxygen atoms in total. The highest BCUT2D eigenvalue weighted by Gasteiger charge is 1.60. The lowest BCUT2D eigenvalue weighted by Crippen LogP contribution is -2.18. The number of urea groups is 1. The molecule has 7 heteroatoms. The van der Waals surface area contributed by atoms with Gasteiger partial charge in [0.05, 0.1) is 0 Å². The molecule has 48 valence electrons. The van der Waals surface area contributed by atoms with Gasteiger partial charge in [-0.2, -0.15) is 5.84 Å². The first-order chi connectivity index (χ1) is 3.46. The summed E-state index contributed by atoms with van der Waals surface area (Å²) in [4.78, 5) is 17.6. The molecule has 0 aliphatic rings. The standard InChI is InChI=1S/CH4N2O.H2N2O2/c2-1(3)4;1-2(3)4/h(H4,2,3,4);1H2. The zero-order valence-corrected chi connectivity index (χ0v) is 3.90. The fourth-order valence-electron chi connectivity index (χ4n) is 0. The van der Waals surface area contributed by atoms with Crippen LogP contribution in [0.15, 0.2) is 0 Å². The van der Waals surface area contributed by atoms with Crippen LogP contribution in [0, 0.1) is 10.1 Å². The van der Waals surface area contributed by atoms with E-state index in [0.29, 0.717) is 0 Å². The minimum atomic E-state index is -1.00. The van der Waals surface area contributed by atoms with E-state index in [1.54, 1.807) is 0 Å². The molecule has 8 heavy (non-hydrogen) atoms. The molecule has 0 rings (SSSR count). The summed E-state index contributed by atoms with van der Waals surface area (Å²) in [7, 11) is 0. The topological polar surface area (TPSA) is 138 Å². The SMILES string of the molecule is NC(N)=O.N[N+](=O)[O-]. The van der Waals surface area contributed by atoms with Crippen LogP contribution in [0.4, 0.5) is 4.79 Å². The first-order valence-electron chi connectivity index (χ1n) is 1.40. The zero-order valence-electron chi connectivity index (χ0n) is 3.90. The van der Waals surface area contributed by atoms with Crippen molar-refractivity contribution in [2.45, 2.75) is 0 Å². The van der Waals surface area contributed by atoms with E-state index in [1.807, 2.05) is 0 Å². The molecule has 0 saturated carbocycles. The summed E-state index contributed by atoms with van der Waals surface area (Å²) in [6, 6.07) is -0.833. The average molecular weight is 122 g/mol. The molecule has 0 aromatic carbocycles. The first-order valence-corrected chi connectivity index (χ1v) is 1.40. The summed E-state index contributed by atoms with van der Waals surface area (Å²) >= 11 is 0. The van der Waals surface area contributed by atoms with Crippen LogP contribution >= 0.6 is 0 Å². The maximum absolute atomic E-state index is 9.00. The molecular formula is CH6N4O3. The molecule has 0 aromatic rings. The number of hydrogen-bond acceptors (Lipinski definition) is 3. The number of hydrazine groups is 1. The van der Waals surface area contributed by atoms with E-state index in [1.165, 1.54) is 0 Å². The van der Waals surface area contributed by atoms with E-state index in [4.69, 9.17) is 14.9 Å². The van der Waals surface area contributed by atoms with Crippen molar-refractivity contribution in [1.29, 1.82) is 0 Å². The van der Waals surface area contributed by atoms with Gasteiger partial charge in [0.15, 0.2) is 5.03 Å². The Morgan fingerprint density at radius 1 is 1.50 bits per heavy atom. The van der Waals surface area contributed by atoms with E-state index in [-0.39, 0.29) is 0 Å². The van der Waals surface area contributed by atoms with Crippen molar-refractivity contribution in [2.24, 2.45) is 17.3 Å². The van der Waals surface area contributed by atoms with Gasteiger partial charge >= 0.3 is 6.03 Å². The molecule has 0 radical (unpaired) electrons. The number of hydrogen-bond donors (Lipinski definition) is 3. The Balaban J connectivity index is 0. The van der Waals surface area contributed by atoms with Crippen LogP contribution in [-0.4, -0.2) is 11.1 Å². The second kappa shape index (κ2) is 5.47. The molecule has 0 saturated heterocycles. The largest absolute Gasteiger partial charge is 0.352 e. The van der Waals surface area contributed by atoms with Crippen molar-refractivity contribution in [1.82, 2.24) is 0 Å². The zero-order chi connectivity index (χ0) is 7.15. The predicted molar refractivity (Wildman–Crippen MR) is 25.0 cm³/mol. The van der Waals surface area contributed by atoms with E-state index >= 15 is 0 Å². The second-order valence-electron chi connectivity index (χ2n) is 0.688. The van der Waals surface area contributed by atoms with Crippen molar-refractivity contribution >= 4 is 6.03 Å². The van der Waals surface area contributed by atoms with Gasteiger partial charge in [-0.25, -0.2) is 14.9 Å². The van der Waals surface area contributed by atoms with Crippen LogP contribution < -0.4 is 17.3 Å². The van der Waals surface area contributed by atoms with Crippen LogP contribution in [0.1, 0.15) is 0 Å². The molecule has 0 aliphatic heterocycles. The normalized spacial score (nSPS) is 6.00. The Morgan fingerprint density at radius 3 is 1.50 bits per heavy atom. The fourth-order valence-corrected chi connectivity index (χ4v) is 0. The highest BCUT2D eigenvalue weighted by molar-refractivity contribution is 5.69. The highest BCUT2D eigenvalue weighted by Crippen LogP contribution is 1.29. The molecular weight excluding hydrogens is 116 g/mol. The van der Waals surface area contributed by atoms with Crippen molar-refractivity contribution in [3.8, 4) is 0 Å². The van der Waals surface area contributed by atoms with Crippen LogP contribution in [0.25, 0.3) is 0 Å². The van der Waals surface area contributed by atoms with E-state index in [9.17, 15) is 0 Å². The van der Waals surface area contributed by atoms with Crippen LogP contribution in [-0.2, 0) is 0 Å². The summed E-state index contributed by atoms with van der Waals surface area (Å²) in [5.74, 6) is 3.83. The lowest BCUT2D eigenvalue weighted by molar-refractivity contribution is -0.491. The minimum absolute atomic E-state index is 0.833. The Morgan fingerprint density at radius 2 is 1.50 bits per heavy atom. The first kappa shape index (κ1) is 9.69. The number of carbonyl (C=O) groups is 1. The average Bonchev–Trinajstić information content (AvgIpc) is 1.25. The molecule has 0 heterocycles. The summed E-state index contributed by atoms with van der Waals surface area (Å²) in [5.41, 5.74) is 8.50. The third kappa shape index (κ3) is 23.0. The minimum Gasteiger partial charge on any atom is -0.352 e. The quantitative estimate of drug-likeness (QED) is 0.197. The monoisotopic (exact) mass is 122 g/mol. The lowest BCUT2D eigenvalue weighted by Gasteiger charge is -1.62. The van der Waals surface area contributed by atoms with E-state index in [0.717, 1.165) is 0 Å². The number of amides is 2. The van der Waals surface area contributed by atoms with Gasteiger partial charge in [-0.15, -0.1) is 0 Å². The molecule has 2 amide bonds. The molecule has 0 atom stereocenters. The van der Waals surface area contributed by atoms with Gasteiger partial charge in [0.1, 0.15) is 0 Å². The summed E-state index contributed by atoms with van der Waals surface area (Å²) < 4.78 is 0. The third-order valence-electron chi connectivity index (χ3n) is 0. The second-order valence-corrected chi connectivity index (χ2v) is 0.688. The molecule has 0 unspecified atom stereocenters. The summed E-state index contributed by atoms with van der Waals surface area (Å²) in [5, 5.41) is 7.58. The smallest absolute Gasteiger partial charge is 0.309 e. The summed E-state index contributed by atoms with van der Waals surface area (Å²) in [6.45, 7) is 0. The van der Waals surface area contributed by atoms with Crippen LogP contribution in [0.3, 0.4) is 0 Å². The maximum atomic E-state index is 9.00. The molecule has 0 aromatic heterocycles. The van der Waals surface area contributed by atoms with Gasteiger partial charge in [-0.1, -0.05) is 0 Å². The van der Waals surface area contributed by atoms with Gasteiger partial charge in [0.2, 0.25) is 0 Å². The molecule has 0 spiro atoms. The maximum Gasteiger partial charge on any atom is 0.309 e. The number of nitro groups is 1. The van der Waals surface area contributed by atoms with Crippen molar-refractivity contribution in [3.05, 3.63) is 10.1 Å². The molecule has 0 aliphatic carbocycles. The summed E-state index contributed by atoms with van der Waals surface area (Å²) in [6.07, 6.45) is 0. The van der Waals surface area contributed by atoms with E-state index < -0.39 is 11.1 Å². The predicted octanol–water partition coefficient (Wildman–Crippen LogP) is -1.84. The highest BCUT2D eigenvalue weighted by atomic mass is 16.7. The Bertz CT molecular complexity index is 69.3. The van der Waals surface area contributed by atoms with Gasteiger partial charge in [-0.05, 0) is 0 Å². The number of carbonyl (C=O) groups excluding carboxylic acids is 1. The Hall–Kier alpha value is -1.53. The number of nitrogens with two attached hydrogens (primary N) is 3. The third-order valence-corrected chi connectivity index (χ3v) is 0. The van der Waals surface area contributed by atoms with Crippen molar-refractivity contribution in [3.63, 3.8) is 0 Å². The van der Waals surface area contributed by atoms with Gasteiger partial charge in [-0.3, -0.25) is 0 Å². The molecule has 6 N–H and O–H groups in total.